The number of halogens is 1. The third kappa shape index (κ3) is 4.80. The molecule has 4 aliphatic rings. The number of imide groups is 1. The highest BCUT2D eigenvalue weighted by Gasteiger charge is 2.55. The summed E-state index contributed by atoms with van der Waals surface area (Å²) in [7, 11) is 0. The average Bonchev–Trinajstić information content (AvgIpc) is 3.68. The van der Waals surface area contributed by atoms with E-state index in [0.717, 1.165) is 58.2 Å². The van der Waals surface area contributed by atoms with Crippen LogP contribution in [-0.2, 0) is 14.4 Å². The Bertz CT molecular complexity index is 1750. The average molecular weight is 591 g/mol. The molecule has 10 heteroatoms. The van der Waals surface area contributed by atoms with Crippen molar-refractivity contribution in [2.75, 3.05) is 11.4 Å². The molecule has 4 atom stereocenters. The Kier molecular flexibility index (Phi) is 6.91. The summed E-state index contributed by atoms with van der Waals surface area (Å²) in [6.45, 7) is 3.79. The first-order valence-electron chi connectivity index (χ1n) is 14.8. The Morgan fingerprint density at radius 3 is 2.41 bits per heavy atom. The summed E-state index contributed by atoms with van der Waals surface area (Å²) in [5, 5.41) is 15.9. The van der Waals surface area contributed by atoms with Crippen LogP contribution in [0.3, 0.4) is 0 Å². The Balaban J connectivity index is 1.19. The smallest absolute Gasteiger partial charge is 0.264 e. The molecule has 1 saturated heterocycles. The Morgan fingerprint density at radius 2 is 1.68 bits per heavy atom. The van der Waals surface area contributed by atoms with Crippen molar-refractivity contribution in [2.45, 2.75) is 51.2 Å². The van der Waals surface area contributed by atoms with E-state index < -0.39 is 29.7 Å². The van der Waals surface area contributed by atoms with Crippen LogP contribution in [0.1, 0.15) is 47.6 Å². The fourth-order valence-electron chi connectivity index (χ4n) is 6.60. The number of amides is 3. The van der Waals surface area contributed by atoms with E-state index in [-0.39, 0.29) is 30.1 Å². The zero-order chi connectivity index (χ0) is 30.5. The van der Waals surface area contributed by atoms with Gasteiger partial charge in [-0.3, -0.25) is 19.4 Å². The number of anilines is 1. The van der Waals surface area contributed by atoms with E-state index >= 15 is 0 Å². The number of hydrogen-bond acceptors (Lipinski definition) is 7. The molecule has 0 N–H and O–H groups in total. The maximum Gasteiger partial charge on any atom is 0.264 e. The number of hydrazone groups is 1. The lowest BCUT2D eigenvalue weighted by Crippen LogP contribution is -2.45. The molecule has 0 aromatic heterocycles. The predicted molar refractivity (Wildman–Crippen MR) is 163 cm³/mol. The molecule has 0 spiro atoms. The number of hydrogen-bond donors (Lipinski definition) is 0. The molecule has 3 aliphatic heterocycles. The van der Waals surface area contributed by atoms with Crippen LogP contribution < -0.4 is 4.90 Å². The van der Waals surface area contributed by atoms with Gasteiger partial charge in [-0.2, -0.15) is 10.2 Å². The van der Waals surface area contributed by atoms with Crippen molar-refractivity contribution < 1.29 is 18.8 Å². The number of allylic oxidation sites excluding steroid dienone is 1. The molecule has 1 saturated carbocycles. The van der Waals surface area contributed by atoms with Gasteiger partial charge in [0.1, 0.15) is 12.4 Å². The monoisotopic (exact) mass is 590 g/mol. The van der Waals surface area contributed by atoms with E-state index in [1.54, 1.807) is 0 Å². The molecule has 44 heavy (non-hydrogen) atoms. The third-order valence-corrected chi connectivity index (χ3v) is 8.82. The maximum absolute atomic E-state index is 14.1. The number of rotatable bonds is 5. The van der Waals surface area contributed by atoms with Crippen LogP contribution >= 0.6 is 0 Å². The van der Waals surface area contributed by atoms with Crippen molar-refractivity contribution in [3.8, 4) is 0 Å². The molecule has 3 heterocycles. The minimum Gasteiger partial charge on any atom is -0.271 e. The Labute approximate surface area is 254 Å². The highest BCUT2D eigenvalue weighted by Crippen LogP contribution is 2.45. The van der Waals surface area contributed by atoms with Crippen molar-refractivity contribution in [3.63, 3.8) is 0 Å². The normalized spacial score (nSPS) is 25.1. The number of carbonyl (C=O) groups excluding carboxylic acids is 3. The summed E-state index contributed by atoms with van der Waals surface area (Å²) in [6, 6.07) is 19.3. The zero-order valence-electron chi connectivity index (χ0n) is 24.4. The molecule has 9 nitrogen and oxygen atoms in total. The summed E-state index contributed by atoms with van der Waals surface area (Å²) >= 11 is 0. The molecule has 0 unspecified atom stereocenters. The summed E-state index contributed by atoms with van der Waals surface area (Å²) in [4.78, 5) is 41.6. The third-order valence-electron chi connectivity index (χ3n) is 8.82. The standard InChI is InChI=1S/C34H31FN6O3/c1-20-9-13-22(14-10-20)17-24-5-3-8-27-29(24)37-41(31(27)23-15-11-21(2)12-16-23)28(42)19-39-32-30(36-38-39)33(43)40(34(32)44)26-7-4-6-25(35)18-26/h4,6-7,9-18,27,30-32H,3,5,8,19H2,1-2H3/b24-17-/t27-,30+,31-,32+/m1/s1. The van der Waals surface area contributed by atoms with Crippen LogP contribution in [0.25, 0.3) is 6.08 Å². The summed E-state index contributed by atoms with van der Waals surface area (Å²) in [6.07, 6.45) is 4.88. The maximum atomic E-state index is 14.1. The summed E-state index contributed by atoms with van der Waals surface area (Å²) in [5.41, 5.74) is 6.51. The summed E-state index contributed by atoms with van der Waals surface area (Å²) < 4.78 is 13.9. The second kappa shape index (κ2) is 10.9. The van der Waals surface area contributed by atoms with Crippen molar-refractivity contribution in [3.05, 3.63) is 106 Å². The topological polar surface area (TPSA) is 98.0 Å². The minimum atomic E-state index is -1.09. The second-order valence-corrected chi connectivity index (χ2v) is 11.8. The fourth-order valence-corrected chi connectivity index (χ4v) is 6.60. The SMILES string of the molecule is Cc1ccc(/C=C2/CCC[C@@H]3C2=NN(C(=O)CN2N=N[C@@H]4C(=O)N(c5cccc(F)c5)C(=O)[C@H]42)[C@@H]3c2ccc(C)cc2)cc1. The summed E-state index contributed by atoms with van der Waals surface area (Å²) in [5.74, 6) is -2.10. The first kappa shape index (κ1) is 27.8. The van der Waals surface area contributed by atoms with Crippen LogP contribution in [0.2, 0.25) is 0 Å². The molecule has 7 rings (SSSR count). The van der Waals surface area contributed by atoms with Crippen LogP contribution in [0, 0.1) is 25.6 Å². The second-order valence-electron chi connectivity index (χ2n) is 11.8. The number of aryl methyl sites for hydroxylation is 2. The van der Waals surface area contributed by atoms with Crippen LogP contribution in [0.5, 0.6) is 0 Å². The van der Waals surface area contributed by atoms with Gasteiger partial charge in [-0.15, -0.1) is 0 Å². The van der Waals surface area contributed by atoms with Gasteiger partial charge in [0.25, 0.3) is 17.7 Å². The Morgan fingerprint density at radius 1 is 0.955 bits per heavy atom. The lowest BCUT2D eigenvalue weighted by Gasteiger charge is -2.30. The number of nitrogens with zero attached hydrogens (tertiary/aromatic N) is 6. The van der Waals surface area contributed by atoms with Gasteiger partial charge in [0.05, 0.1) is 17.4 Å². The minimum absolute atomic E-state index is 0.0122. The van der Waals surface area contributed by atoms with Crippen molar-refractivity contribution >= 4 is 35.2 Å². The predicted octanol–water partition coefficient (Wildman–Crippen LogP) is 5.56. The van der Waals surface area contributed by atoms with Gasteiger partial charge in [0.2, 0.25) is 0 Å². The molecule has 3 aromatic rings. The molecule has 1 aliphatic carbocycles. The molecule has 2 fully saturated rings. The fraction of sp³-hybridized carbons (Fsp3) is 0.294. The molecule has 0 bridgehead atoms. The van der Waals surface area contributed by atoms with E-state index in [1.807, 2.05) is 31.2 Å². The molecular weight excluding hydrogens is 559 g/mol. The highest BCUT2D eigenvalue weighted by molar-refractivity contribution is 6.25. The molecule has 3 aromatic carbocycles. The molecule has 222 valence electrons. The molecular formula is C34H31FN6O3. The van der Waals surface area contributed by atoms with Crippen molar-refractivity contribution in [1.82, 2.24) is 10.0 Å². The Hall–Kier alpha value is -4.99. The van der Waals surface area contributed by atoms with E-state index in [0.29, 0.717) is 0 Å². The van der Waals surface area contributed by atoms with Gasteiger partial charge < -0.3 is 0 Å². The first-order chi connectivity index (χ1) is 21.3. The lowest BCUT2D eigenvalue weighted by molar-refractivity contribution is -0.136. The van der Waals surface area contributed by atoms with Crippen LogP contribution in [-0.4, -0.2) is 52.1 Å². The number of carbonyl (C=O) groups is 3. The quantitative estimate of drug-likeness (QED) is 0.364. The zero-order valence-corrected chi connectivity index (χ0v) is 24.4. The van der Waals surface area contributed by atoms with E-state index in [9.17, 15) is 18.8 Å². The number of fused-ring (bicyclic) bond motifs is 2. The van der Waals surface area contributed by atoms with E-state index in [4.69, 9.17) is 5.10 Å². The van der Waals surface area contributed by atoms with E-state index in [1.165, 1.54) is 33.8 Å². The van der Waals surface area contributed by atoms with Gasteiger partial charge >= 0.3 is 0 Å². The van der Waals surface area contributed by atoms with Gasteiger partial charge in [0.15, 0.2) is 12.1 Å². The van der Waals surface area contributed by atoms with Crippen LogP contribution in [0.4, 0.5) is 10.1 Å². The van der Waals surface area contributed by atoms with Crippen LogP contribution in [0.15, 0.2) is 93.8 Å². The van der Waals surface area contributed by atoms with Gasteiger partial charge in [0, 0.05) is 5.92 Å². The lowest BCUT2D eigenvalue weighted by atomic mass is 9.77. The molecule has 3 amide bonds. The number of benzene rings is 3. The first-order valence-corrected chi connectivity index (χ1v) is 14.8. The van der Waals surface area contributed by atoms with Gasteiger partial charge in [-0.05, 0) is 74.1 Å². The molecule has 0 radical (unpaired) electrons. The van der Waals surface area contributed by atoms with Crippen molar-refractivity contribution in [2.24, 2.45) is 21.4 Å². The highest BCUT2D eigenvalue weighted by atomic mass is 19.1. The van der Waals surface area contributed by atoms with E-state index in [2.05, 4.69) is 47.6 Å². The van der Waals surface area contributed by atoms with Crippen molar-refractivity contribution in [1.29, 1.82) is 0 Å². The van der Waals surface area contributed by atoms with Gasteiger partial charge in [-0.25, -0.2) is 14.3 Å². The largest absolute Gasteiger partial charge is 0.271 e. The van der Waals surface area contributed by atoms with Gasteiger partial charge in [-0.1, -0.05) is 70.9 Å².